The highest BCUT2D eigenvalue weighted by Gasteiger charge is 2.24. The van der Waals surface area contributed by atoms with Crippen molar-refractivity contribution in [2.75, 3.05) is 31.6 Å². The summed E-state index contributed by atoms with van der Waals surface area (Å²) in [5.41, 5.74) is 3.70. The van der Waals surface area contributed by atoms with Gasteiger partial charge in [-0.05, 0) is 50.6 Å². The minimum absolute atomic E-state index is 0.0177. The van der Waals surface area contributed by atoms with Crippen LogP contribution in [0.25, 0.3) is 0 Å². The molecular formula is C23H29N2O4+. The third kappa shape index (κ3) is 5.35. The second-order valence-corrected chi connectivity index (χ2v) is 7.22. The van der Waals surface area contributed by atoms with Crippen LogP contribution in [0.2, 0.25) is 0 Å². The molecule has 0 saturated carbocycles. The van der Waals surface area contributed by atoms with E-state index in [0.717, 1.165) is 31.0 Å². The molecule has 3 rings (SSSR count). The Morgan fingerprint density at radius 2 is 1.72 bits per heavy atom. The number of fused-ring (bicyclic) bond motifs is 1. The van der Waals surface area contributed by atoms with Crippen molar-refractivity contribution < 1.29 is 24.0 Å². The summed E-state index contributed by atoms with van der Waals surface area (Å²) in [6.45, 7) is 8.64. The van der Waals surface area contributed by atoms with E-state index in [1.54, 1.807) is 24.3 Å². The van der Waals surface area contributed by atoms with Crippen LogP contribution >= 0.6 is 0 Å². The van der Waals surface area contributed by atoms with Crippen molar-refractivity contribution in [3.63, 3.8) is 0 Å². The molecular weight excluding hydrogens is 368 g/mol. The molecule has 6 heteroatoms. The number of carbonyl (C=O) groups excluding carboxylic acids is 2. The summed E-state index contributed by atoms with van der Waals surface area (Å²) >= 11 is 0. The van der Waals surface area contributed by atoms with Gasteiger partial charge >= 0.3 is 0 Å². The van der Waals surface area contributed by atoms with Crippen LogP contribution < -0.4 is 19.7 Å². The van der Waals surface area contributed by atoms with Gasteiger partial charge in [0.05, 0.1) is 19.8 Å². The summed E-state index contributed by atoms with van der Waals surface area (Å²) in [5.74, 6) is 1.48. The van der Waals surface area contributed by atoms with Crippen LogP contribution in [-0.4, -0.2) is 38.0 Å². The van der Waals surface area contributed by atoms with Crippen LogP contribution in [0.1, 0.15) is 42.3 Å². The van der Waals surface area contributed by atoms with Crippen LogP contribution in [0, 0.1) is 0 Å². The normalized spacial score (nSPS) is 15.3. The lowest BCUT2D eigenvalue weighted by molar-refractivity contribution is -0.907. The molecule has 1 atom stereocenters. The Kier molecular flexibility index (Phi) is 6.88. The smallest absolute Gasteiger partial charge is 0.279 e. The minimum Gasteiger partial charge on any atom is -0.490 e. The SMILES string of the molecule is CCOc1cc2c(cc1OCC)C[NH+](CC(=O)Nc1cccc(C(C)=O)c1)CC2. The predicted octanol–water partition coefficient (Wildman–Crippen LogP) is 2.27. The average molecular weight is 397 g/mol. The highest BCUT2D eigenvalue weighted by atomic mass is 16.5. The maximum absolute atomic E-state index is 12.5. The van der Waals surface area contributed by atoms with Gasteiger partial charge in [0.2, 0.25) is 0 Å². The number of benzene rings is 2. The molecule has 1 heterocycles. The Morgan fingerprint density at radius 3 is 2.38 bits per heavy atom. The van der Waals surface area contributed by atoms with E-state index >= 15 is 0 Å². The van der Waals surface area contributed by atoms with Crippen molar-refractivity contribution in [2.24, 2.45) is 0 Å². The molecule has 1 aliphatic rings. The molecule has 0 spiro atoms. The monoisotopic (exact) mass is 397 g/mol. The number of rotatable bonds is 8. The fourth-order valence-corrected chi connectivity index (χ4v) is 3.65. The van der Waals surface area contributed by atoms with E-state index < -0.39 is 0 Å². The fraction of sp³-hybridized carbons (Fsp3) is 0.391. The maximum Gasteiger partial charge on any atom is 0.279 e. The average Bonchev–Trinajstić information content (AvgIpc) is 2.69. The first-order valence-electron chi connectivity index (χ1n) is 10.2. The molecule has 1 aliphatic heterocycles. The summed E-state index contributed by atoms with van der Waals surface area (Å²) in [6, 6.07) is 11.2. The number of ether oxygens (including phenoxy) is 2. The molecule has 0 bridgehead atoms. The lowest BCUT2D eigenvalue weighted by Gasteiger charge is -2.26. The maximum atomic E-state index is 12.5. The van der Waals surface area contributed by atoms with Gasteiger partial charge in [-0.3, -0.25) is 9.59 Å². The van der Waals surface area contributed by atoms with Gasteiger partial charge in [-0.2, -0.15) is 0 Å². The molecule has 154 valence electrons. The topological polar surface area (TPSA) is 69.1 Å². The minimum atomic E-state index is -0.0554. The molecule has 2 aromatic carbocycles. The Labute approximate surface area is 171 Å². The van der Waals surface area contributed by atoms with Gasteiger partial charge < -0.3 is 19.7 Å². The molecule has 0 aromatic heterocycles. The largest absolute Gasteiger partial charge is 0.490 e. The number of quaternary nitrogens is 1. The van der Waals surface area contributed by atoms with Crippen molar-refractivity contribution in [1.29, 1.82) is 0 Å². The molecule has 0 saturated heterocycles. The highest BCUT2D eigenvalue weighted by molar-refractivity contribution is 5.97. The van der Waals surface area contributed by atoms with Crippen molar-refractivity contribution in [2.45, 2.75) is 33.7 Å². The second kappa shape index (κ2) is 9.56. The molecule has 0 aliphatic carbocycles. The van der Waals surface area contributed by atoms with Gasteiger partial charge in [0.1, 0.15) is 6.54 Å². The molecule has 1 amide bonds. The van der Waals surface area contributed by atoms with Crippen LogP contribution in [-0.2, 0) is 17.8 Å². The first-order valence-corrected chi connectivity index (χ1v) is 10.2. The molecule has 2 aromatic rings. The van der Waals surface area contributed by atoms with Crippen LogP contribution in [0.5, 0.6) is 11.5 Å². The fourth-order valence-electron chi connectivity index (χ4n) is 3.65. The Balaban J connectivity index is 1.66. The van der Waals surface area contributed by atoms with Crippen LogP contribution in [0.3, 0.4) is 0 Å². The number of hydrogen-bond donors (Lipinski definition) is 2. The van der Waals surface area contributed by atoms with E-state index in [-0.39, 0.29) is 11.7 Å². The summed E-state index contributed by atoms with van der Waals surface area (Å²) < 4.78 is 11.5. The van der Waals surface area contributed by atoms with Gasteiger partial charge in [-0.1, -0.05) is 12.1 Å². The molecule has 6 nitrogen and oxygen atoms in total. The molecule has 2 N–H and O–H groups in total. The summed E-state index contributed by atoms with van der Waals surface area (Å²) in [4.78, 5) is 25.2. The summed E-state index contributed by atoms with van der Waals surface area (Å²) in [5, 5.41) is 2.91. The molecule has 1 unspecified atom stereocenters. The zero-order chi connectivity index (χ0) is 20.8. The number of amides is 1. The van der Waals surface area contributed by atoms with Crippen LogP contribution in [0.4, 0.5) is 5.69 Å². The number of ketones is 1. The van der Waals surface area contributed by atoms with Crippen molar-refractivity contribution in [3.05, 3.63) is 53.1 Å². The van der Waals surface area contributed by atoms with E-state index in [4.69, 9.17) is 9.47 Å². The third-order valence-electron chi connectivity index (χ3n) is 5.02. The Bertz CT molecular complexity index is 894. The van der Waals surface area contributed by atoms with E-state index in [2.05, 4.69) is 17.4 Å². The standard InChI is InChI=1S/C23H28N2O4/c1-4-28-21-12-18-9-10-25(14-19(18)13-22(21)29-5-2)15-23(27)24-20-8-6-7-17(11-20)16(3)26/h6-8,11-13H,4-5,9-10,14-15H2,1-3H3,(H,24,27)/p+1. The van der Waals surface area contributed by atoms with Gasteiger partial charge in [-0.25, -0.2) is 0 Å². The number of carbonyl (C=O) groups is 2. The number of anilines is 1. The van der Waals surface area contributed by atoms with E-state index in [0.29, 0.717) is 31.0 Å². The zero-order valence-electron chi connectivity index (χ0n) is 17.3. The zero-order valence-corrected chi connectivity index (χ0v) is 17.3. The van der Waals surface area contributed by atoms with E-state index in [1.807, 2.05) is 13.8 Å². The first kappa shape index (κ1) is 20.9. The first-order chi connectivity index (χ1) is 14.0. The van der Waals surface area contributed by atoms with E-state index in [9.17, 15) is 9.59 Å². The second-order valence-electron chi connectivity index (χ2n) is 7.22. The number of Topliss-reactive ketones (excluding diaryl/α,β-unsaturated/α-hetero) is 1. The summed E-state index contributed by atoms with van der Waals surface area (Å²) in [6.07, 6.45) is 0.893. The number of nitrogens with one attached hydrogen (secondary N) is 2. The molecule has 0 fully saturated rings. The van der Waals surface area contributed by atoms with Gasteiger partial charge in [0.25, 0.3) is 5.91 Å². The van der Waals surface area contributed by atoms with Gasteiger partial charge in [0, 0.05) is 23.2 Å². The van der Waals surface area contributed by atoms with Crippen molar-refractivity contribution >= 4 is 17.4 Å². The highest BCUT2D eigenvalue weighted by Crippen LogP contribution is 2.32. The third-order valence-corrected chi connectivity index (χ3v) is 5.02. The Morgan fingerprint density at radius 1 is 1.03 bits per heavy atom. The van der Waals surface area contributed by atoms with Gasteiger partial charge in [0.15, 0.2) is 23.8 Å². The molecule has 29 heavy (non-hydrogen) atoms. The van der Waals surface area contributed by atoms with Gasteiger partial charge in [-0.15, -0.1) is 0 Å². The predicted molar refractivity (Wildman–Crippen MR) is 112 cm³/mol. The Hall–Kier alpha value is -2.86. The lowest BCUT2D eigenvalue weighted by Crippen LogP contribution is -3.12. The van der Waals surface area contributed by atoms with Crippen LogP contribution in [0.15, 0.2) is 36.4 Å². The molecule has 0 radical (unpaired) electrons. The van der Waals surface area contributed by atoms with Crippen molar-refractivity contribution in [3.8, 4) is 11.5 Å². The quantitative estimate of drug-likeness (QED) is 0.671. The van der Waals surface area contributed by atoms with Crippen molar-refractivity contribution in [1.82, 2.24) is 0 Å². The number of hydrogen-bond acceptors (Lipinski definition) is 4. The summed E-state index contributed by atoms with van der Waals surface area (Å²) in [7, 11) is 0. The van der Waals surface area contributed by atoms with E-state index in [1.165, 1.54) is 23.0 Å². The lowest BCUT2D eigenvalue weighted by atomic mass is 9.98.